The standard InChI is InChI=1S/C8H12N4S/c1-9-8(13)11-12(2)7-5-3-4-6-10-7/h3-6H,1-2H3,(H2,9,11,13). The Morgan fingerprint density at radius 3 is 2.85 bits per heavy atom. The summed E-state index contributed by atoms with van der Waals surface area (Å²) in [6.07, 6.45) is 1.73. The quantitative estimate of drug-likeness (QED) is 0.533. The summed E-state index contributed by atoms with van der Waals surface area (Å²) in [6.45, 7) is 0. The van der Waals surface area contributed by atoms with E-state index in [0.717, 1.165) is 5.82 Å². The van der Waals surface area contributed by atoms with Crippen molar-refractivity contribution in [2.24, 2.45) is 0 Å². The van der Waals surface area contributed by atoms with E-state index in [9.17, 15) is 0 Å². The second-order valence-corrected chi connectivity index (χ2v) is 2.85. The van der Waals surface area contributed by atoms with Gasteiger partial charge in [0.2, 0.25) is 0 Å². The molecule has 0 aliphatic rings. The maximum Gasteiger partial charge on any atom is 0.185 e. The molecule has 1 aromatic heterocycles. The van der Waals surface area contributed by atoms with Crippen molar-refractivity contribution >= 4 is 23.1 Å². The van der Waals surface area contributed by atoms with Gasteiger partial charge < -0.3 is 5.32 Å². The third-order valence-corrected chi connectivity index (χ3v) is 1.78. The van der Waals surface area contributed by atoms with Crippen molar-refractivity contribution in [2.45, 2.75) is 0 Å². The SMILES string of the molecule is CNC(=S)NN(C)c1ccccn1. The minimum Gasteiger partial charge on any atom is -0.364 e. The van der Waals surface area contributed by atoms with E-state index in [1.165, 1.54) is 0 Å². The summed E-state index contributed by atoms with van der Waals surface area (Å²) in [7, 11) is 3.62. The lowest BCUT2D eigenvalue weighted by Gasteiger charge is -2.19. The topological polar surface area (TPSA) is 40.2 Å². The third-order valence-electron chi connectivity index (χ3n) is 1.49. The van der Waals surface area contributed by atoms with Crippen LogP contribution in [0.4, 0.5) is 5.82 Å². The maximum absolute atomic E-state index is 4.94. The van der Waals surface area contributed by atoms with Crippen molar-refractivity contribution in [2.75, 3.05) is 19.1 Å². The van der Waals surface area contributed by atoms with E-state index in [4.69, 9.17) is 12.2 Å². The number of rotatable bonds is 2. The first-order chi connectivity index (χ1) is 6.24. The highest BCUT2D eigenvalue weighted by Gasteiger charge is 2.00. The van der Waals surface area contributed by atoms with Gasteiger partial charge >= 0.3 is 0 Å². The second-order valence-electron chi connectivity index (χ2n) is 2.44. The van der Waals surface area contributed by atoms with Crippen LogP contribution in [0.5, 0.6) is 0 Å². The van der Waals surface area contributed by atoms with Crippen molar-refractivity contribution in [3.05, 3.63) is 24.4 Å². The van der Waals surface area contributed by atoms with Crippen LogP contribution in [0.3, 0.4) is 0 Å². The summed E-state index contributed by atoms with van der Waals surface area (Å²) in [4.78, 5) is 4.14. The van der Waals surface area contributed by atoms with Gasteiger partial charge in [0.05, 0.1) is 0 Å². The molecule has 0 radical (unpaired) electrons. The zero-order valence-electron chi connectivity index (χ0n) is 7.61. The molecule has 0 unspecified atom stereocenters. The van der Waals surface area contributed by atoms with E-state index in [0.29, 0.717) is 5.11 Å². The third kappa shape index (κ3) is 2.87. The summed E-state index contributed by atoms with van der Waals surface area (Å²) in [5.41, 5.74) is 2.94. The van der Waals surface area contributed by atoms with Crippen molar-refractivity contribution < 1.29 is 0 Å². The predicted molar refractivity (Wildman–Crippen MR) is 57.4 cm³/mol. The molecule has 0 atom stereocenters. The first-order valence-corrected chi connectivity index (χ1v) is 4.28. The van der Waals surface area contributed by atoms with Crippen LogP contribution in [0.2, 0.25) is 0 Å². The van der Waals surface area contributed by atoms with Crippen LogP contribution in [0.1, 0.15) is 0 Å². The van der Waals surface area contributed by atoms with E-state index < -0.39 is 0 Å². The maximum atomic E-state index is 4.94. The summed E-state index contributed by atoms with van der Waals surface area (Å²) >= 11 is 4.94. The van der Waals surface area contributed by atoms with Gasteiger partial charge in [-0.3, -0.25) is 10.4 Å². The normalized spacial score (nSPS) is 9.08. The molecule has 0 saturated carbocycles. The number of anilines is 1. The molecular weight excluding hydrogens is 184 g/mol. The number of pyridine rings is 1. The number of nitrogens with one attached hydrogen (secondary N) is 2. The second kappa shape index (κ2) is 4.61. The zero-order valence-corrected chi connectivity index (χ0v) is 8.43. The van der Waals surface area contributed by atoms with Crippen LogP contribution in [-0.4, -0.2) is 24.2 Å². The fraction of sp³-hybridized carbons (Fsp3) is 0.250. The number of hydrogen-bond donors (Lipinski definition) is 2. The minimum absolute atomic E-state index is 0.563. The lowest BCUT2D eigenvalue weighted by atomic mass is 10.5. The molecule has 0 fully saturated rings. The molecule has 0 aromatic carbocycles. The largest absolute Gasteiger partial charge is 0.364 e. The summed E-state index contributed by atoms with van der Waals surface area (Å²) in [5.74, 6) is 0.820. The molecule has 0 spiro atoms. The van der Waals surface area contributed by atoms with Gasteiger partial charge in [-0.05, 0) is 24.4 Å². The molecule has 13 heavy (non-hydrogen) atoms. The van der Waals surface area contributed by atoms with Crippen LogP contribution in [0.15, 0.2) is 24.4 Å². The van der Waals surface area contributed by atoms with Gasteiger partial charge in [0.25, 0.3) is 0 Å². The Kier molecular flexibility index (Phi) is 3.45. The molecule has 0 bridgehead atoms. The van der Waals surface area contributed by atoms with Gasteiger partial charge in [-0.1, -0.05) is 6.07 Å². The molecule has 1 rings (SSSR count). The molecule has 0 amide bonds. The van der Waals surface area contributed by atoms with Crippen molar-refractivity contribution in [3.8, 4) is 0 Å². The highest BCUT2D eigenvalue weighted by Crippen LogP contribution is 2.02. The molecular formula is C8H12N4S. The minimum atomic E-state index is 0.563. The first-order valence-electron chi connectivity index (χ1n) is 3.87. The molecule has 4 nitrogen and oxygen atoms in total. The van der Waals surface area contributed by atoms with Gasteiger partial charge in [0.1, 0.15) is 5.82 Å². The van der Waals surface area contributed by atoms with Crippen LogP contribution >= 0.6 is 12.2 Å². The summed E-state index contributed by atoms with van der Waals surface area (Å²) < 4.78 is 0. The molecule has 0 saturated heterocycles. The molecule has 1 aromatic rings. The van der Waals surface area contributed by atoms with E-state index in [2.05, 4.69) is 15.7 Å². The Morgan fingerprint density at radius 2 is 2.31 bits per heavy atom. The fourth-order valence-corrected chi connectivity index (χ4v) is 0.955. The molecule has 0 aliphatic heterocycles. The first kappa shape index (κ1) is 9.73. The summed E-state index contributed by atoms with van der Waals surface area (Å²) in [5, 5.41) is 5.13. The Balaban J connectivity index is 2.59. The number of thiocarbonyl (C=S) groups is 1. The Labute approximate surface area is 82.9 Å². The van der Waals surface area contributed by atoms with Gasteiger partial charge in [-0.25, -0.2) is 4.98 Å². The Hall–Kier alpha value is -1.36. The van der Waals surface area contributed by atoms with Crippen LogP contribution < -0.4 is 15.8 Å². The van der Waals surface area contributed by atoms with E-state index in [1.807, 2.05) is 25.2 Å². The molecule has 70 valence electrons. The highest BCUT2D eigenvalue weighted by molar-refractivity contribution is 7.80. The van der Waals surface area contributed by atoms with Gasteiger partial charge in [0, 0.05) is 20.3 Å². The summed E-state index contributed by atoms with van der Waals surface area (Å²) in [6, 6.07) is 5.68. The van der Waals surface area contributed by atoms with Gasteiger partial charge in [-0.2, -0.15) is 0 Å². The number of aromatic nitrogens is 1. The molecule has 2 N–H and O–H groups in total. The monoisotopic (exact) mass is 196 g/mol. The van der Waals surface area contributed by atoms with E-state index in [1.54, 1.807) is 18.3 Å². The van der Waals surface area contributed by atoms with Crippen molar-refractivity contribution in [1.82, 2.24) is 15.7 Å². The average molecular weight is 196 g/mol. The Bertz CT molecular complexity index is 275. The van der Waals surface area contributed by atoms with E-state index in [-0.39, 0.29) is 0 Å². The lowest BCUT2D eigenvalue weighted by molar-refractivity contribution is 0.841. The molecule has 0 aliphatic carbocycles. The fourth-order valence-electron chi connectivity index (χ4n) is 0.818. The van der Waals surface area contributed by atoms with Crippen LogP contribution in [0.25, 0.3) is 0 Å². The number of nitrogens with zero attached hydrogens (tertiary/aromatic N) is 2. The molecule has 5 heteroatoms. The molecule has 1 heterocycles. The smallest absolute Gasteiger partial charge is 0.185 e. The van der Waals surface area contributed by atoms with Gasteiger partial charge in [-0.15, -0.1) is 0 Å². The van der Waals surface area contributed by atoms with Crippen molar-refractivity contribution in [3.63, 3.8) is 0 Å². The number of hydrazine groups is 1. The van der Waals surface area contributed by atoms with Crippen molar-refractivity contribution in [1.29, 1.82) is 0 Å². The Morgan fingerprint density at radius 1 is 1.54 bits per heavy atom. The van der Waals surface area contributed by atoms with E-state index >= 15 is 0 Å². The van der Waals surface area contributed by atoms with Crippen LogP contribution in [-0.2, 0) is 0 Å². The lowest BCUT2D eigenvalue weighted by Crippen LogP contribution is -2.44. The average Bonchev–Trinajstić information content (AvgIpc) is 2.19. The zero-order chi connectivity index (χ0) is 9.68. The van der Waals surface area contributed by atoms with Gasteiger partial charge in [0.15, 0.2) is 5.11 Å². The highest BCUT2D eigenvalue weighted by atomic mass is 32.1. The van der Waals surface area contributed by atoms with Crippen LogP contribution in [0, 0.1) is 0 Å². The number of hydrogen-bond acceptors (Lipinski definition) is 3. The predicted octanol–water partition coefficient (Wildman–Crippen LogP) is 0.527.